The number of hydrogen-bond acceptors (Lipinski definition) is 3. The van der Waals surface area contributed by atoms with Gasteiger partial charge in [0.15, 0.2) is 0 Å². The first-order valence-corrected chi connectivity index (χ1v) is 10.8. The molecule has 2 amide bonds. The zero-order chi connectivity index (χ0) is 20.6. The van der Waals surface area contributed by atoms with Crippen LogP contribution in [-0.4, -0.2) is 32.2 Å². The second kappa shape index (κ2) is 7.76. The van der Waals surface area contributed by atoms with Gasteiger partial charge in [0.25, 0.3) is 0 Å². The number of nitrogens with one attached hydrogen (secondary N) is 1. The van der Waals surface area contributed by atoms with E-state index in [1.807, 2.05) is 52.0 Å². The van der Waals surface area contributed by atoms with Gasteiger partial charge in [-0.2, -0.15) is 5.10 Å². The minimum Gasteiger partial charge on any atom is -0.328 e. The van der Waals surface area contributed by atoms with Crippen molar-refractivity contribution < 1.29 is 4.79 Å². The van der Waals surface area contributed by atoms with E-state index in [2.05, 4.69) is 27.5 Å². The summed E-state index contributed by atoms with van der Waals surface area (Å²) in [4.78, 5) is 19.7. The normalized spacial score (nSPS) is 19.6. The number of hydrogen-bond donors (Lipinski definition) is 1. The molecule has 1 atom stereocenters. The number of benzene rings is 2. The van der Waals surface area contributed by atoms with Gasteiger partial charge in [0.05, 0.1) is 18.1 Å². The van der Waals surface area contributed by atoms with Crippen LogP contribution in [0, 0.1) is 0 Å². The van der Waals surface area contributed by atoms with Crippen LogP contribution in [0.2, 0.25) is 5.02 Å². The molecule has 0 unspecified atom stereocenters. The molecule has 2 heterocycles. The summed E-state index contributed by atoms with van der Waals surface area (Å²) in [6, 6.07) is 17.9. The Labute approximate surface area is 180 Å². The van der Waals surface area contributed by atoms with Crippen LogP contribution in [0.15, 0.2) is 60.9 Å². The molecule has 30 heavy (non-hydrogen) atoms. The maximum absolute atomic E-state index is 13.2. The van der Waals surface area contributed by atoms with Crippen LogP contribution in [0.4, 0.5) is 4.79 Å². The van der Waals surface area contributed by atoms with Crippen LogP contribution in [-0.2, 0) is 12.1 Å². The van der Waals surface area contributed by atoms with E-state index in [0.29, 0.717) is 11.6 Å². The van der Waals surface area contributed by atoms with E-state index in [0.717, 1.165) is 43.6 Å². The highest BCUT2D eigenvalue weighted by atomic mass is 35.5. The van der Waals surface area contributed by atoms with Crippen molar-refractivity contribution in [3.63, 3.8) is 0 Å². The molecule has 2 fully saturated rings. The van der Waals surface area contributed by atoms with E-state index < -0.39 is 0 Å². The van der Waals surface area contributed by atoms with Gasteiger partial charge in [0.1, 0.15) is 12.2 Å². The molecule has 2 aliphatic rings. The van der Waals surface area contributed by atoms with E-state index in [1.165, 1.54) is 5.56 Å². The molecule has 1 aromatic heterocycles. The van der Waals surface area contributed by atoms with Gasteiger partial charge in [-0.1, -0.05) is 54.1 Å². The Morgan fingerprint density at radius 3 is 2.63 bits per heavy atom. The van der Waals surface area contributed by atoms with Crippen LogP contribution in [0.25, 0.3) is 0 Å². The Morgan fingerprint density at radius 2 is 1.90 bits per heavy atom. The highest BCUT2D eigenvalue weighted by Gasteiger charge is 2.47. The third-order valence-electron chi connectivity index (χ3n) is 6.13. The number of likely N-dealkylation sites (tertiary alicyclic amines) is 1. The zero-order valence-electron chi connectivity index (χ0n) is 16.7. The minimum absolute atomic E-state index is 0.0140. The highest BCUT2D eigenvalue weighted by molar-refractivity contribution is 6.30. The maximum atomic E-state index is 13.2. The molecule has 1 saturated carbocycles. The van der Waals surface area contributed by atoms with Gasteiger partial charge in [-0.25, -0.2) is 14.5 Å². The molecule has 3 aromatic rings. The molecular formula is C23H24ClN5O. The fourth-order valence-electron chi connectivity index (χ4n) is 4.34. The smallest absolute Gasteiger partial charge is 0.318 e. The molecular weight excluding hydrogens is 398 g/mol. The van der Waals surface area contributed by atoms with Crippen molar-refractivity contribution in [3.8, 4) is 0 Å². The third-order valence-corrected chi connectivity index (χ3v) is 6.38. The molecule has 2 aromatic carbocycles. The third kappa shape index (κ3) is 3.67. The second-order valence-electron chi connectivity index (χ2n) is 8.13. The fourth-order valence-corrected chi connectivity index (χ4v) is 4.46. The SMILES string of the molecule is O=C(NC1(c2ccccc2)CC1)N1CCC[C@@H]1c1ncnn1Cc1ccc(Cl)cc1. The van der Waals surface area contributed by atoms with E-state index in [-0.39, 0.29) is 17.6 Å². The first-order valence-electron chi connectivity index (χ1n) is 10.4. The lowest BCUT2D eigenvalue weighted by Crippen LogP contribution is -2.45. The van der Waals surface area contributed by atoms with Crippen LogP contribution >= 0.6 is 11.6 Å². The molecule has 1 aliphatic heterocycles. The Bertz CT molecular complexity index is 1030. The predicted octanol–water partition coefficient (Wildman–Crippen LogP) is 4.52. The van der Waals surface area contributed by atoms with E-state index in [4.69, 9.17) is 11.6 Å². The maximum Gasteiger partial charge on any atom is 0.318 e. The molecule has 0 spiro atoms. The van der Waals surface area contributed by atoms with Gasteiger partial charge in [-0.15, -0.1) is 0 Å². The summed E-state index contributed by atoms with van der Waals surface area (Å²) < 4.78 is 1.89. The van der Waals surface area contributed by atoms with Crippen molar-refractivity contribution in [2.24, 2.45) is 0 Å². The van der Waals surface area contributed by atoms with E-state index in [9.17, 15) is 4.79 Å². The van der Waals surface area contributed by atoms with Gasteiger partial charge in [0, 0.05) is 11.6 Å². The summed E-state index contributed by atoms with van der Waals surface area (Å²) in [5.41, 5.74) is 2.06. The van der Waals surface area contributed by atoms with Crippen molar-refractivity contribution >= 4 is 17.6 Å². The molecule has 1 aliphatic carbocycles. The molecule has 1 N–H and O–H groups in total. The van der Waals surface area contributed by atoms with Crippen LogP contribution < -0.4 is 5.32 Å². The number of amides is 2. The molecule has 1 saturated heterocycles. The van der Waals surface area contributed by atoms with Crippen molar-refractivity contribution in [3.05, 3.63) is 82.9 Å². The predicted molar refractivity (Wildman–Crippen MR) is 115 cm³/mol. The number of halogens is 1. The summed E-state index contributed by atoms with van der Waals surface area (Å²) in [7, 11) is 0. The Hall–Kier alpha value is -2.86. The lowest BCUT2D eigenvalue weighted by Gasteiger charge is -2.28. The first-order chi connectivity index (χ1) is 14.6. The summed E-state index contributed by atoms with van der Waals surface area (Å²) in [6.45, 7) is 1.33. The molecule has 5 rings (SSSR count). The monoisotopic (exact) mass is 421 g/mol. The average Bonchev–Trinajstić information content (AvgIpc) is 3.16. The molecule has 0 radical (unpaired) electrons. The molecule has 6 nitrogen and oxygen atoms in total. The summed E-state index contributed by atoms with van der Waals surface area (Å²) in [6.07, 6.45) is 5.39. The quantitative estimate of drug-likeness (QED) is 0.659. The number of aromatic nitrogens is 3. The van der Waals surface area contributed by atoms with Gasteiger partial charge < -0.3 is 10.2 Å². The largest absolute Gasteiger partial charge is 0.328 e. The number of rotatable bonds is 5. The van der Waals surface area contributed by atoms with Crippen molar-refractivity contribution in [1.29, 1.82) is 0 Å². The van der Waals surface area contributed by atoms with Crippen LogP contribution in [0.3, 0.4) is 0 Å². The fraction of sp³-hybridized carbons (Fsp3) is 0.348. The van der Waals surface area contributed by atoms with E-state index in [1.54, 1.807) is 6.33 Å². The number of nitrogens with zero attached hydrogens (tertiary/aromatic N) is 4. The minimum atomic E-state index is -0.220. The molecule has 154 valence electrons. The van der Waals surface area contributed by atoms with Crippen LogP contribution in [0.1, 0.15) is 48.7 Å². The van der Waals surface area contributed by atoms with Crippen molar-refractivity contribution in [1.82, 2.24) is 25.0 Å². The standard InChI is InChI=1S/C23H24ClN5O/c24-19-10-8-17(9-11-19)15-29-21(25-16-26-29)20-7-4-14-28(20)22(30)27-23(12-13-23)18-5-2-1-3-6-18/h1-3,5-6,8-11,16,20H,4,7,12-15H2,(H,27,30)/t20-/m1/s1. The summed E-state index contributed by atoms with van der Waals surface area (Å²) in [5.74, 6) is 0.835. The lowest BCUT2D eigenvalue weighted by atomic mass is 10.1. The van der Waals surface area contributed by atoms with E-state index >= 15 is 0 Å². The Balaban J connectivity index is 1.33. The van der Waals surface area contributed by atoms with Gasteiger partial charge in [0.2, 0.25) is 0 Å². The Morgan fingerprint density at radius 1 is 1.13 bits per heavy atom. The summed E-state index contributed by atoms with van der Waals surface area (Å²) in [5, 5.41) is 8.44. The molecule has 7 heteroatoms. The second-order valence-corrected chi connectivity index (χ2v) is 8.57. The highest BCUT2D eigenvalue weighted by Crippen LogP contribution is 2.46. The average molecular weight is 422 g/mol. The lowest BCUT2D eigenvalue weighted by molar-refractivity contribution is 0.184. The van der Waals surface area contributed by atoms with Crippen molar-refractivity contribution in [2.45, 2.75) is 43.8 Å². The van der Waals surface area contributed by atoms with Gasteiger partial charge in [-0.05, 0) is 48.9 Å². The van der Waals surface area contributed by atoms with Gasteiger partial charge in [-0.3, -0.25) is 0 Å². The van der Waals surface area contributed by atoms with Crippen molar-refractivity contribution in [2.75, 3.05) is 6.54 Å². The first kappa shape index (κ1) is 19.1. The Kier molecular flexibility index (Phi) is 4.95. The number of carbonyl (C=O) groups is 1. The molecule has 0 bridgehead atoms. The zero-order valence-corrected chi connectivity index (χ0v) is 17.4. The number of carbonyl (C=O) groups excluding carboxylic acids is 1. The van der Waals surface area contributed by atoms with Gasteiger partial charge >= 0.3 is 6.03 Å². The topological polar surface area (TPSA) is 63.1 Å². The number of urea groups is 1. The van der Waals surface area contributed by atoms with Crippen LogP contribution in [0.5, 0.6) is 0 Å². The summed E-state index contributed by atoms with van der Waals surface area (Å²) >= 11 is 6.00.